The molecule has 1 amide bonds. The number of nitriles is 1. The highest BCUT2D eigenvalue weighted by atomic mass is 16.5. The molecule has 3 heterocycles. The zero-order valence-electron chi connectivity index (χ0n) is 16.0. The van der Waals surface area contributed by atoms with Crippen LogP contribution >= 0.6 is 0 Å². The van der Waals surface area contributed by atoms with Gasteiger partial charge in [-0.3, -0.25) is 9.69 Å². The molecule has 1 aromatic heterocycles. The van der Waals surface area contributed by atoms with Gasteiger partial charge in [-0.25, -0.2) is 4.98 Å². The lowest BCUT2D eigenvalue weighted by molar-refractivity contribution is -0.0695. The van der Waals surface area contributed by atoms with Crippen LogP contribution in [0.25, 0.3) is 0 Å². The van der Waals surface area contributed by atoms with E-state index in [-0.39, 0.29) is 11.4 Å². The number of nitrogens with zero attached hydrogens (tertiary/aromatic N) is 4. The molecule has 28 heavy (non-hydrogen) atoms. The van der Waals surface area contributed by atoms with E-state index >= 15 is 0 Å². The summed E-state index contributed by atoms with van der Waals surface area (Å²) in [4.78, 5) is 21.3. The van der Waals surface area contributed by atoms with Gasteiger partial charge in [0.1, 0.15) is 0 Å². The van der Waals surface area contributed by atoms with Gasteiger partial charge in [-0.05, 0) is 56.6 Å². The van der Waals surface area contributed by atoms with Crippen molar-refractivity contribution < 1.29 is 9.53 Å². The van der Waals surface area contributed by atoms with Gasteiger partial charge in [-0.15, -0.1) is 0 Å². The zero-order chi connectivity index (χ0) is 19.6. The summed E-state index contributed by atoms with van der Waals surface area (Å²) >= 11 is 0. The molecule has 2 aliphatic rings. The van der Waals surface area contributed by atoms with Crippen LogP contribution < -0.4 is 4.74 Å². The molecule has 0 saturated carbocycles. The van der Waals surface area contributed by atoms with Crippen molar-refractivity contribution in [1.82, 2.24) is 14.8 Å². The maximum atomic E-state index is 12.8. The number of benzene rings is 1. The van der Waals surface area contributed by atoms with Crippen LogP contribution in [0.4, 0.5) is 0 Å². The Labute approximate surface area is 165 Å². The second-order valence-electron chi connectivity index (χ2n) is 7.84. The van der Waals surface area contributed by atoms with Crippen LogP contribution in [-0.4, -0.2) is 59.5 Å². The van der Waals surface area contributed by atoms with Crippen LogP contribution in [0.1, 0.15) is 28.8 Å². The van der Waals surface area contributed by atoms with Crippen molar-refractivity contribution in [2.45, 2.75) is 18.4 Å². The van der Waals surface area contributed by atoms with Crippen LogP contribution in [0.5, 0.6) is 5.88 Å². The molecule has 144 valence electrons. The van der Waals surface area contributed by atoms with Crippen LogP contribution in [0.15, 0.2) is 48.7 Å². The fraction of sp³-hybridized carbons (Fsp3) is 0.409. The topological polar surface area (TPSA) is 69.5 Å². The minimum absolute atomic E-state index is 0.00276. The van der Waals surface area contributed by atoms with Crippen molar-refractivity contribution in [2.75, 3.05) is 33.3 Å². The van der Waals surface area contributed by atoms with Crippen LogP contribution in [0.3, 0.4) is 0 Å². The van der Waals surface area contributed by atoms with Crippen LogP contribution in [0, 0.1) is 17.2 Å². The fourth-order valence-corrected chi connectivity index (χ4v) is 4.27. The number of piperidine rings is 1. The molecule has 2 aliphatic heterocycles. The number of amides is 1. The molecule has 2 saturated heterocycles. The number of ether oxygens (including phenoxy) is 1. The van der Waals surface area contributed by atoms with Gasteiger partial charge in [0.05, 0.1) is 23.8 Å². The predicted octanol–water partition coefficient (Wildman–Crippen LogP) is 2.57. The van der Waals surface area contributed by atoms with E-state index in [1.807, 2.05) is 23.1 Å². The molecule has 2 aromatic rings. The third-order valence-electron chi connectivity index (χ3n) is 5.95. The molecule has 6 heteroatoms. The van der Waals surface area contributed by atoms with Crippen molar-refractivity contribution in [3.8, 4) is 11.9 Å². The van der Waals surface area contributed by atoms with E-state index in [4.69, 9.17) is 10.00 Å². The molecule has 1 spiro atoms. The van der Waals surface area contributed by atoms with E-state index in [0.29, 0.717) is 29.5 Å². The highest BCUT2D eigenvalue weighted by Crippen LogP contribution is 2.39. The smallest absolute Gasteiger partial charge is 0.254 e. The maximum Gasteiger partial charge on any atom is 0.254 e. The summed E-state index contributed by atoms with van der Waals surface area (Å²) in [6.07, 6.45) is 3.84. The zero-order valence-corrected chi connectivity index (χ0v) is 16.0. The second kappa shape index (κ2) is 7.61. The summed E-state index contributed by atoms with van der Waals surface area (Å²) < 4.78 is 5.87. The Bertz CT molecular complexity index is 887. The van der Waals surface area contributed by atoms with Gasteiger partial charge in [-0.1, -0.05) is 12.1 Å². The van der Waals surface area contributed by atoms with Gasteiger partial charge in [0.2, 0.25) is 5.88 Å². The van der Waals surface area contributed by atoms with Gasteiger partial charge in [-0.2, -0.15) is 5.26 Å². The summed E-state index contributed by atoms with van der Waals surface area (Å²) in [6.45, 7) is 3.10. The Balaban J connectivity index is 1.37. The van der Waals surface area contributed by atoms with Crippen molar-refractivity contribution in [1.29, 1.82) is 5.26 Å². The van der Waals surface area contributed by atoms with Crippen LogP contribution in [-0.2, 0) is 0 Å². The lowest BCUT2D eigenvalue weighted by Gasteiger charge is -2.58. The molecule has 0 N–H and O–H groups in total. The molecule has 0 bridgehead atoms. The third-order valence-corrected chi connectivity index (χ3v) is 5.95. The number of pyridine rings is 1. The maximum absolute atomic E-state index is 12.8. The summed E-state index contributed by atoms with van der Waals surface area (Å²) in [7, 11) is 2.15. The van der Waals surface area contributed by atoms with Crippen molar-refractivity contribution in [2.24, 2.45) is 5.92 Å². The lowest BCUT2D eigenvalue weighted by atomic mass is 9.75. The number of hydrogen-bond donors (Lipinski definition) is 0. The number of carbonyl (C=O) groups excluding carboxylic acids is 1. The van der Waals surface area contributed by atoms with E-state index in [1.165, 1.54) is 0 Å². The van der Waals surface area contributed by atoms with Gasteiger partial charge < -0.3 is 9.64 Å². The first-order valence-electron chi connectivity index (χ1n) is 9.64. The molecule has 0 unspecified atom stereocenters. The largest absolute Gasteiger partial charge is 0.477 e. The first-order chi connectivity index (χ1) is 13.6. The van der Waals surface area contributed by atoms with E-state index in [2.05, 4.69) is 23.0 Å². The lowest BCUT2D eigenvalue weighted by Crippen LogP contribution is -2.72. The minimum Gasteiger partial charge on any atom is -0.477 e. The SMILES string of the molecule is CN1CC[C@@H](COc2ccccn2)CC12CN(C(=O)c1cccc(C#N)c1)C2. The molecule has 1 aromatic carbocycles. The number of carbonyl (C=O) groups is 1. The van der Waals surface area contributed by atoms with E-state index in [1.54, 1.807) is 30.5 Å². The molecule has 6 nitrogen and oxygen atoms in total. The number of hydrogen-bond acceptors (Lipinski definition) is 5. The number of aromatic nitrogens is 1. The Morgan fingerprint density at radius 2 is 2.18 bits per heavy atom. The monoisotopic (exact) mass is 376 g/mol. The quantitative estimate of drug-likeness (QED) is 0.820. The van der Waals surface area contributed by atoms with Gasteiger partial charge in [0.15, 0.2) is 0 Å². The van der Waals surface area contributed by atoms with Gasteiger partial charge >= 0.3 is 0 Å². The molecule has 0 aliphatic carbocycles. The summed E-state index contributed by atoms with van der Waals surface area (Å²) in [5.74, 6) is 1.12. The Morgan fingerprint density at radius 3 is 2.93 bits per heavy atom. The Morgan fingerprint density at radius 1 is 1.32 bits per heavy atom. The molecule has 2 fully saturated rings. The fourth-order valence-electron chi connectivity index (χ4n) is 4.27. The molecular weight excluding hydrogens is 352 g/mol. The summed E-state index contributed by atoms with van der Waals surface area (Å²) in [6, 6.07) is 14.7. The van der Waals surface area contributed by atoms with E-state index in [9.17, 15) is 4.79 Å². The van der Waals surface area contributed by atoms with E-state index < -0.39 is 0 Å². The molecule has 1 atom stereocenters. The van der Waals surface area contributed by atoms with Gasteiger partial charge in [0.25, 0.3) is 5.91 Å². The highest BCUT2D eigenvalue weighted by Gasteiger charge is 2.51. The number of likely N-dealkylation sites (N-methyl/N-ethyl adjacent to an activating group) is 1. The van der Waals surface area contributed by atoms with Crippen molar-refractivity contribution >= 4 is 5.91 Å². The van der Waals surface area contributed by atoms with Crippen molar-refractivity contribution in [3.05, 3.63) is 59.8 Å². The number of likely N-dealkylation sites (tertiary alicyclic amines) is 2. The minimum atomic E-state index is 0.00276. The third kappa shape index (κ3) is 3.58. The second-order valence-corrected chi connectivity index (χ2v) is 7.84. The average Bonchev–Trinajstić information content (AvgIpc) is 2.72. The van der Waals surface area contributed by atoms with Crippen LogP contribution in [0.2, 0.25) is 0 Å². The van der Waals surface area contributed by atoms with Gasteiger partial charge in [0, 0.05) is 30.9 Å². The number of rotatable bonds is 4. The normalized spacial score (nSPS) is 21.0. The first kappa shape index (κ1) is 18.5. The van der Waals surface area contributed by atoms with E-state index in [0.717, 1.165) is 32.5 Å². The molecular formula is C22H24N4O2. The molecule has 4 rings (SSSR count). The summed E-state index contributed by atoms with van der Waals surface area (Å²) in [5, 5.41) is 9.05. The summed E-state index contributed by atoms with van der Waals surface area (Å²) in [5.41, 5.74) is 1.13. The predicted molar refractivity (Wildman–Crippen MR) is 105 cm³/mol. The van der Waals surface area contributed by atoms with Crippen molar-refractivity contribution in [3.63, 3.8) is 0 Å². The standard InChI is InChI=1S/C22H24N4O2/c1-25-10-8-18(14-28-20-7-2-3-9-24-20)12-22(25)15-26(16-22)21(27)19-6-4-5-17(11-19)13-23/h2-7,9,11,18H,8,10,12,14-16H2,1H3/t18-/m1/s1. The highest BCUT2D eigenvalue weighted by molar-refractivity contribution is 5.95. The Kier molecular flexibility index (Phi) is 5.01. The molecule has 0 radical (unpaired) electrons. The first-order valence-corrected chi connectivity index (χ1v) is 9.64. The Hall–Kier alpha value is -2.91. The average molecular weight is 376 g/mol.